The van der Waals surface area contributed by atoms with Gasteiger partial charge in [-0.2, -0.15) is 5.10 Å². The Bertz CT molecular complexity index is 853. The molecule has 1 heterocycles. The predicted octanol–water partition coefficient (Wildman–Crippen LogP) is 3.59. The van der Waals surface area contributed by atoms with E-state index in [0.717, 1.165) is 0 Å². The van der Waals surface area contributed by atoms with Gasteiger partial charge in [-0.3, -0.25) is 4.79 Å². The molecule has 3 rings (SSSR count). The molecule has 8 heteroatoms. The van der Waals surface area contributed by atoms with Crippen LogP contribution in [0.5, 0.6) is 5.75 Å². The number of hydrogen-bond donors (Lipinski definition) is 1. The van der Waals surface area contributed by atoms with E-state index in [1.165, 1.54) is 17.3 Å². The summed E-state index contributed by atoms with van der Waals surface area (Å²) in [6, 6.07) is 12.0. The molecule has 1 amide bonds. The van der Waals surface area contributed by atoms with Crippen molar-refractivity contribution in [2.24, 2.45) is 0 Å². The van der Waals surface area contributed by atoms with Gasteiger partial charge in [0, 0.05) is 5.02 Å². The van der Waals surface area contributed by atoms with Gasteiger partial charge in [-0.15, -0.1) is 0 Å². The van der Waals surface area contributed by atoms with Crippen LogP contribution in [0.1, 0.15) is 0 Å². The largest absolute Gasteiger partial charge is 0.482 e. The van der Waals surface area contributed by atoms with E-state index in [0.29, 0.717) is 27.2 Å². The van der Waals surface area contributed by atoms with Crippen molar-refractivity contribution >= 4 is 34.8 Å². The van der Waals surface area contributed by atoms with Crippen molar-refractivity contribution in [2.45, 2.75) is 0 Å². The Kier molecular flexibility index (Phi) is 4.98. The Morgan fingerprint density at radius 1 is 1.21 bits per heavy atom. The molecule has 24 heavy (non-hydrogen) atoms. The third-order valence-electron chi connectivity index (χ3n) is 3.09. The van der Waals surface area contributed by atoms with Gasteiger partial charge in [0.25, 0.3) is 5.91 Å². The molecule has 122 valence electrons. The SMILES string of the molecule is O=C(COc1ccccc1Cl)Nc1cc(Cl)ccc1-n1cncn1. The molecular formula is C16H12Cl2N4O2. The predicted molar refractivity (Wildman–Crippen MR) is 91.9 cm³/mol. The molecule has 3 aromatic rings. The zero-order valence-electron chi connectivity index (χ0n) is 12.3. The maximum absolute atomic E-state index is 12.2. The molecule has 0 unspecified atom stereocenters. The Labute approximate surface area is 148 Å². The maximum Gasteiger partial charge on any atom is 0.262 e. The van der Waals surface area contributed by atoms with Crippen LogP contribution >= 0.6 is 23.2 Å². The van der Waals surface area contributed by atoms with Gasteiger partial charge < -0.3 is 10.1 Å². The summed E-state index contributed by atoms with van der Waals surface area (Å²) in [5, 5.41) is 7.73. The Balaban J connectivity index is 1.72. The van der Waals surface area contributed by atoms with Gasteiger partial charge in [0.05, 0.1) is 16.4 Å². The third kappa shape index (κ3) is 3.84. The van der Waals surface area contributed by atoms with E-state index in [1.807, 2.05) is 0 Å². The van der Waals surface area contributed by atoms with Crippen LogP contribution in [0.4, 0.5) is 5.69 Å². The molecule has 0 saturated carbocycles. The fourth-order valence-corrected chi connectivity index (χ4v) is 2.39. The van der Waals surface area contributed by atoms with E-state index in [1.54, 1.807) is 42.5 Å². The number of anilines is 1. The average molecular weight is 363 g/mol. The molecule has 0 atom stereocenters. The summed E-state index contributed by atoms with van der Waals surface area (Å²) in [4.78, 5) is 16.1. The van der Waals surface area contributed by atoms with Gasteiger partial charge >= 0.3 is 0 Å². The van der Waals surface area contributed by atoms with E-state index in [2.05, 4.69) is 15.4 Å². The van der Waals surface area contributed by atoms with Crippen molar-refractivity contribution in [2.75, 3.05) is 11.9 Å². The van der Waals surface area contributed by atoms with Crippen molar-refractivity contribution in [1.29, 1.82) is 0 Å². The summed E-state index contributed by atoms with van der Waals surface area (Å²) in [6.45, 7) is -0.187. The van der Waals surface area contributed by atoms with E-state index in [9.17, 15) is 4.79 Å². The van der Waals surface area contributed by atoms with Crippen LogP contribution in [0, 0.1) is 0 Å². The number of amides is 1. The molecule has 0 fully saturated rings. The normalized spacial score (nSPS) is 10.4. The fraction of sp³-hybridized carbons (Fsp3) is 0.0625. The van der Waals surface area contributed by atoms with Gasteiger partial charge in [-0.1, -0.05) is 35.3 Å². The summed E-state index contributed by atoms with van der Waals surface area (Å²) < 4.78 is 6.95. The molecule has 6 nitrogen and oxygen atoms in total. The van der Waals surface area contributed by atoms with Gasteiger partial charge in [-0.25, -0.2) is 9.67 Å². The van der Waals surface area contributed by atoms with E-state index in [4.69, 9.17) is 27.9 Å². The van der Waals surface area contributed by atoms with Crippen molar-refractivity contribution in [3.05, 3.63) is 65.2 Å². The van der Waals surface area contributed by atoms with Crippen LogP contribution in [0.15, 0.2) is 55.1 Å². The van der Waals surface area contributed by atoms with Crippen LogP contribution in [-0.2, 0) is 4.79 Å². The molecule has 1 N–H and O–H groups in total. The molecule has 2 aromatic carbocycles. The van der Waals surface area contributed by atoms with Gasteiger partial charge in [0.15, 0.2) is 6.61 Å². The van der Waals surface area contributed by atoms with Crippen molar-refractivity contribution in [3.8, 4) is 11.4 Å². The number of halogens is 2. The number of hydrogen-bond acceptors (Lipinski definition) is 4. The summed E-state index contributed by atoms with van der Waals surface area (Å²) >= 11 is 12.0. The summed E-state index contributed by atoms with van der Waals surface area (Å²) in [7, 11) is 0. The number of rotatable bonds is 5. The summed E-state index contributed by atoms with van der Waals surface area (Å²) in [6.07, 6.45) is 2.93. The number of carbonyl (C=O) groups is 1. The van der Waals surface area contributed by atoms with Crippen molar-refractivity contribution in [3.63, 3.8) is 0 Å². The number of nitrogens with one attached hydrogen (secondary N) is 1. The summed E-state index contributed by atoms with van der Waals surface area (Å²) in [5.74, 6) is 0.0930. The molecule has 1 aromatic heterocycles. The molecular weight excluding hydrogens is 351 g/mol. The lowest BCUT2D eigenvalue weighted by atomic mass is 10.2. The monoisotopic (exact) mass is 362 g/mol. The third-order valence-corrected chi connectivity index (χ3v) is 3.64. The quantitative estimate of drug-likeness (QED) is 0.752. The lowest BCUT2D eigenvalue weighted by Crippen LogP contribution is -2.21. The number of nitrogens with zero attached hydrogens (tertiary/aromatic N) is 3. The molecule has 0 aliphatic heterocycles. The minimum Gasteiger partial charge on any atom is -0.482 e. The first-order valence-electron chi connectivity index (χ1n) is 6.95. The molecule has 0 spiro atoms. The lowest BCUT2D eigenvalue weighted by molar-refractivity contribution is -0.118. The molecule has 0 radical (unpaired) electrons. The molecule has 0 aliphatic carbocycles. The van der Waals surface area contributed by atoms with E-state index < -0.39 is 0 Å². The van der Waals surface area contributed by atoms with E-state index in [-0.39, 0.29) is 12.5 Å². The fourth-order valence-electron chi connectivity index (χ4n) is 2.03. The molecule has 0 aliphatic rings. The smallest absolute Gasteiger partial charge is 0.262 e. The number of aromatic nitrogens is 3. The Morgan fingerprint density at radius 3 is 2.79 bits per heavy atom. The number of ether oxygens (including phenoxy) is 1. The van der Waals surface area contributed by atoms with Crippen LogP contribution in [0.2, 0.25) is 10.0 Å². The maximum atomic E-state index is 12.2. The highest BCUT2D eigenvalue weighted by Gasteiger charge is 2.11. The molecule has 0 saturated heterocycles. The van der Waals surface area contributed by atoms with Crippen molar-refractivity contribution in [1.82, 2.24) is 14.8 Å². The first-order chi connectivity index (χ1) is 11.6. The standard InChI is InChI=1S/C16H12Cl2N4O2/c17-11-5-6-14(22-10-19-9-20-22)13(7-11)21-16(23)8-24-15-4-2-1-3-12(15)18/h1-7,9-10H,8H2,(H,21,23). The minimum atomic E-state index is -0.349. The topological polar surface area (TPSA) is 69.0 Å². The Morgan fingerprint density at radius 2 is 2.04 bits per heavy atom. The second-order valence-electron chi connectivity index (χ2n) is 4.77. The van der Waals surface area contributed by atoms with Crippen LogP contribution in [-0.4, -0.2) is 27.3 Å². The second kappa shape index (κ2) is 7.33. The molecule has 0 bridgehead atoms. The average Bonchev–Trinajstić information content (AvgIpc) is 3.08. The first kappa shape index (κ1) is 16.3. The number of carbonyl (C=O) groups excluding carboxylic acids is 1. The highest BCUT2D eigenvalue weighted by molar-refractivity contribution is 6.32. The second-order valence-corrected chi connectivity index (χ2v) is 5.61. The first-order valence-corrected chi connectivity index (χ1v) is 7.71. The highest BCUT2D eigenvalue weighted by atomic mass is 35.5. The summed E-state index contributed by atoms with van der Waals surface area (Å²) in [5.41, 5.74) is 1.14. The van der Waals surface area contributed by atoms with E-state index >= 15 is 0 Å². The van der Waals surface area contributed by atoms with Crippen LogP contribution < -0.4 is 10.1 Å². The minimum absolute atomic E-state index is 0.187. The van der Waals surface area contributed by atoms with Gasteiger partial charge in [-0.05, 0) is 30.3 Å². The zero-order chi connectivity index (χ0) is 16.9. The Hall–Kier alpha value is -2.57. The number of benzene rings is 2. The number of para-hydroxylation sites is 1. The lowest BCUT2D eigenvalue weighted by Gasteiger charge is -2.12. The zero-order valence-corrected chi connectivity index (χ0v) is 13.8. The van der Waals surface area contributed by atoms with Crippen molar-refractivity contribution < 1.29 is 9.53 Å². The van der Waals surface area contributed by atoms with Crippen LogP contribution in [0.3, 0.4) is 0 Å². The van der Waals surface area contributed by atoms with Gasteiger partial charge in [0.1, 0.15) is 18.4 Å². The van der Waals surface area contributed by atoms with Gasteiger partial charge in [0.2, 0.25) is 0 Å². The highest BCUT2D eigenvalue weighted by Crippen LogP contribution is 2.25. The van der Waals surface area contributed by atoms with Crippen LogP contribution in [0.25, 0.3) is 5.69 Å².